The molecule has 44 heavy (non-hydrogen) atoms. The smallest absolute Gasteiger partial charge is 0.271 e. The van der Waals surface area contributed by atoms with Crippen molar-refractivity contribution in [2.24, 2.45) is 5.10 Å². The number of nitrogens with zero attached hydrogens (tertiary/aromatic N) is 2. The minimum atomic E-state index is -0.348. The fraction of sp³-hybridized carbons (Fsp3) is 0.0909. The molecule has 0 atom stereocenters. The van der Waals surface area contributed by atoms with Crippen LogP contribution in [0.5, 0.6) is 11.5 Å². The van der Waals surface area contributed by atoms with Crippen LogP contribution in [0.2, 0.25) is 0 Å². The Morgan fingerprint density at radius 1 is 1.00 bits per heavy atom. The Hall–Kier alpha value is -4.75. The van der Waals surface area contributed by atoms with Gasteiger partial charge in [-0.05, 0) is 83.1 Å². The summed E-state index contributed by atoms with van der Waals surface area (Å²) in [4.78, 5) is 29.8. The predicted molar refractivity (Wildman–Crippen MR) is 183 cm³/mol. The van der Waals surface area contributed by atoms with E-state index >= 15 is 0 Å². The molecular weight excluding hydrogens is 689 g/mol. The van der Waals surface area contributed by atoms with Gasteiger partial charge in [-0.1, -0.05) is 48.5 Å². The van der Waals surface area contributed by atoms with Crippen molar-refractivity contribution in [3.8, 4) is 22.8 Å². The monoisotopic (exact) mass is 717 g/mol. The van der Waals surface area contributed by atoms with Gasteiger partial charge in [0.2, 0.25) is 0 Å². The quantitative estimate of drug-likeness (QED) is 0.0754. The number of nitrogens with one attached hydrogen (secondary N) is 3. The molecule has 11 heteroatoms. The maximum Gasteiger partial charge on any atom is 0.271 e. The largest absolute Gasteiger partial charge is 0.493 e. The number of rotatable bonds is 11. The maximum atomic E-state index is 12.7. The van der Waals surface area contributed by atoms with E-state index in [0.29, 0.717) is 22.6 Å². The van der Waals surface area contributed by atoms with Crippen LogP contribution >= 0.6 is 33.9 Å². The van der Waals surface area contributed by atoms with Gasteiger partial charge in [0.05, 0.1) is 22.6 Å². The summed E-state index contributed by atoms with van der Waals surface area (Å²) >= 11 is 3.62. The van der Waals surface area contributed by atoms with Gasteiger partial charge in [-0.3, -0.25) is 9.59 Å². The van der Waals surface area contributed by atoms with E-state index in [1.165, 1.54) is 24.7 Å². The van der Waals surface area contributed by atoms with Gasteiger partial charge in [-0.15, -0.1) is 11.3 Å². The molecule has 222 valence electrons. The summed E-state index contributed by atoms with van der Waals surface area (Å²) < 4.78 is 12.0. The lowest BCUT2D eigenvalue weighted by Crippen LogP contribution is -2.21. The third kappa shape index (κ3) is 7.99. The number of ether oxygens (including phenoxy) is 2. The lowest BCUT2D eigenvalue weighted by molar-refractivity contribution is -0.118. The van der Waals surface area contributed by atoms with Crippen molar-refractivity contribution >= 4 is 68.5 Å². The Kier molecular flexibility index (Phi) is 10.2. The standard InChI is InChI=1S/C33H28IN5O4S/c1-21-8-6-7-11-27(21)37-30(40)19-43-31-26(34)16-22(17-29(31)42-2)18-35-39-32(41)24-14-12-23(13-15-24)28-20-44-33(38-28)36-25-9-4-3-5-10-25/h3-18,20H,19H2,1-2H3,(H,36,38)(H,37,40)(H,39,41)/b35-18+. The van der Waals surface area contributed by atoms with Gasteiger partial charge < -0.3 is 20.1 Å². The number of hydrogen-bond acceptors (Lipinski definition) is 8. The summed E-state index contributed by atoms with van der Waals surface area (Å²) in [5, 5.41) is 13.0. The Morgan fingerprint density at radius 3 is 2.50 bits per heavy atom. The minimum absolute atomic E-state index is 0.183. The number of halogens is 1. The molecule has 3 N–H and O–H groups in total. The van der Waals surface area contributed by atoms with E-state index in [2.05, 4.69) is 48.7 Å². The van der Waals surface area contributed by atoms with Crippen molar-refractivity contribution in [1.29, 1.82) is 0 Å². The number of amides is 2. The van der Waals surface area contributed by atoms with Crippen LogP contribution in [0, 0.1) is 10.5 Å². The number of hydrogen-bond donors (Lipinski definition) is 3. The van der Waals surface area contributed by atoms with Gasteiger partial charge in [0, 0.05) is 27.9 Å². The molecule has 0 bridgehead atoms. The Morgan fingerprint density at radius 2 is 1.75 bits per heavy atom. The number of anilines is 3. The summed E-state index contributed by atoms with van der Waals surface area (Å²) in [5.74, 6) is 0.249. The molecule has 1 aromatic heterocycles. The minimum Gasteiger partial charge on any atom is -0.493 e. The summed E-state index contributed by atoms with van der Waals surface area (Å²) in [5.41, 5.74) is 8.09. The molecule has 4 aromatic carbocycles. The fourth-order valence-corrected chi connectivity index (χ4v) is 5.64. The average Bonchev–Trinajstić information content (AvgIpc) is 3.50. The van der Waals surface area contributed by atoms with Crippen molar-refractivity contribution in [2.45, 2.75) is 6.92 Å². The third-order valence-electron chi connectivity index (χ3n) is 6.37. The number of carbonyl (C=O) groups is 2. The highest BCUT2D eigenvalue weighted by atomic mass is 127. The molecule has 5 rings (SSSR count). The van der Waals surface area contributed by atoms with Gasteiger partial charge in [0.15, 0.2) is 23.2 Å². The molecule has 0 fully saturated rings. The predicted octanol–water partition coefficient (Wildman–Crippen LogP) is 7.26. The summed E-state index contributed by atoms with van der Waals surface area (Å²) in [6.45, 7) is 1.74. The number of para-hydroxylation sites is 2. The lowest BCUT2D eigenvalue weighted by Gasteiger charge is -2.14. The van der Waals surface area contributed by atoms with E-state index in [4.69, 9.17) is 9.47 Å². The normalized spacial score (nSPS) is 10.8. The van der Waals surface area contributed by atoms with E-state index in [1.807, 2.05) is 85.1 Å². The van der Waals surface area contributed by atoms with Gasteiger partial charge >= 0.3 is 0 Å². The third-order valence-corrected chi connectivity index (χ3v) is 7.93. The van der Waals surface area contributed by atoms with Crippen LogP contribution in [-0.2, 0) is 4.79 Å². The van der Waals surface area contributed by atoms with Crippen LogP contribution < -0.4 is 25.5 Å². The highest BCUT2D eigenvalue weighted by Gasteiger charge is 2.14. The van der Waals surface area contributed by atoms with Crippen LogP contribution in [0.15, 0.2) is 101 Å². The summed E-state index contributed by atoms with van der Waals surface area (Å²) in [6.07, 6.45) is 1.52. The van der Waals surface area contributed by atoms with E-state index in [-0.39, 0.29) is 18.4 Å². The van der Waals surface area contributed by atoms with Crippen molar-refractivity contribution in [1.82, 2.24) is 10.4 Å². The number of thiazole rings is 1. The average molecular weight is 718 g/mol. The Bertz CT molecular complexity index is 1790. The highest BCUT2D eigenvalue weighted by Crippen LogP contribution is 2.33. The molecule has 0 saturated carbocycles. The van der Waals surface area contributed by atoms with Gasteiger partial charge in [-0.25, -0.2) is 10.4 Å². The molecule has 0 aliphatic rings. The van der Waals surface area contributed by atoms with Gasteiger partial charge in [0.25, 0.3) is 11.8 Å². The van der Waals surface area contributed by atoms with E-state index < -0.39 is 0 Å². The van der Waals surface area contributed by atoms with Crippen molar-refractivity contribution in [2.75, 3.05) is 24.4 Å². The van der Waals surface area contributed by atoms with E-state index in [0.717, 1.165) is 36.9 Å². The summed E-state index contributed by atoms with van der Waals surface area (Å²) in [7, 11) is 1.52. The highest BCUT2D eigenvalue weighted by molar-refractivity contribution is 14.1. The molecular formula is C33H28IN5O4S. The SMILES string of the molecule is COc1cc(/C=N/NC(=O)c2ccc(-c3csc(Nc4ccccc4)n3)cc2)cc(I)c1OCC(=O)Nc1ccccc1C. The van der Waals surface area contributed by atoms with Crippen LogP contribution in [0.4, 0.5) is 16.5 Å². The first-order chi connectivity index (χ1) is 21.4. The zero-order valence-electron chi connectivity index (χ0n) is 23.8. The van der Waals surface area contributed by atoms with E-state index in [9.17, 15) is 9.59 Å². The van der Waals surface area contributed by atoms with E-state index in [1.54, 1.807) is 18.2 Å². The molecule has 9 nitrogen and oxygen atoms in total. The zero-order valence-corrected chi connectivity index (χ0v) is 26.8. The molecule has 0 radical (unpaired) electrons. The maximum absolute atomic E-state index is 12.7. The topological polar surface area (TPSA) is 114 Å². The Labute approximate surface area is 272 Å². The first kappa shape index (κ1) is 30.7. The fourth-order valence-electron chi connectivity index (χ4n) is 4.12. The number of hydrazone groups is 1. The first-order valence-corrected chi connectivity index (χ1v) is 15.4. The molecule has 0 aliphatic carbocycles. The second-order valence-electron chi connectivity index (χ2n) is 9.49. The second-order valence-corrected chi connectivity index (χ2v) is 11.5. The number of aryl methyl sites for hydroxylation is 1. The number of benzene rings is 4. The molecule has 5 aromatic rings. The number of methoxy groups -OCH3 is 1. The second kappa shape index (κ2) is 14.6. The van der Waals surface area contributed by atoms with Crippen molar-refractivity contribution < 1.29 is 19.1 Å². The Balaban J connectivity index is 1.16. The van der Waals surface area contributed by atoms with Gasteiger partial charge in [0.1, 0.15) is 0 Å². The van der Waals surface area contributed by atoms with Crippen LogP contribution in [0.25, 0.3) is 11.3 Å². The molecule has 0 unspecified atom stereocenters. The van der Waals surface area contributed by atoms with Crippen molar-refractivity contribution in [3.63, 3.8) is 0 Å². The number of aromatic nitrogens is 1. The molecule has 2 amide bonds. The molecule has 1 heterocycles. The molecule has 0 spiro atoms. The number of carbonyl (C=O) groups excluding carboxylic acids is 2. The summed E-state index contributed by atoms with van der Waals surface area (Å²) in [6, 6.07) is 28.1. The zero-order chi connectivity index (χ0) is 30.9. The van der Waals surface area contributed by atoms with Crippen LogP contribution in [0.3, 0.4) is 0 Å². The van der Waals surface area contributed by atoms with Gasteiger partial charge in [-0.2, -0.15) is 5.10 Å². The van der Waals surface area contributed by atoms with Crippen LogP contribution in [-0.4, -0.2) is 36.7 Å². The lowest BCUT2D eigenvalue weighted by atomic mass is 10.1. The first-order valence-electron chi connectivity index (χ1n) is 13.5. The van der Waals surface area contributed by atoms with Crippen LogP contribution in [0.1, 0.15) is 21.5 Å². The molecule has 0 aliphatic heterocycles. The van der Waals surface area contributed by atoms with Crippen molar-refractivity contribution in [3.05, 3.63) is 117 Å². The molecule has 0 saturated heterocycles.